The number of allylic oxidation sites excluding steroid dienone is 4. The molecule has 0 amide bonds. The van der Waals surface area contributed by atoms with Crippen molar-refractivity contribution in [2.45, 2.75) is 206 Å². The van der Waals surface area contributed by atoms with Crippen LogP contribution in [0.2, 0.25) is 0 Å². The maximum absolute atomic E-state index is 9.22. The molecule has 0 aromatic heterocycles. The van der Waals surface area contributed by atoms with Gasteiger partial charge in [0.1, 0.15) is 0 Å². The van der Waals surface area contributed by atoms with E-state index in [0.717, 1.165) is 13.0 Å². The van der Waals surface area contributed by atoms with Crippen molar-refractivity contribution in [2.24, 2.45) is 5.92 Å². The highest BCUT2D eigenvalue weighted by atomic mass is 32.3. The predicted molar refractivity (Wildman–Crippen MR) is 206 cm³/mol. The quantitative estimate of drug-likeness (QED) is 0.0312. The summed E-state index contributed by atoms with van der Waals surface area (Å²) in [6.45, 7) is 5.97. The molecule has 0 saturated carbocycles. The molecule has 0 heterocycles. The first-order valence-corrected chi connectivity index (χ1v) is 21.7. The fraction of sp³-hybridized carbons (Fsp3) is 0.902. The van der Waals surface area contributed by atoms with Crippen LogP contribution in [0.1, 0.15) is 206 Å². The molecule has 0 unspecified atom stereocenters. The van der Waals surface area contributed by atoms with Gasteiger partial charge in [-0.15, -0.1) is 0 Å². The topological polar surface area (TPSA) is 70.9 Å². The average Bonchev–Trinajstić information content (AvgIpc) is 3.03. The standard InChI is InChI=1S/C40H79N.CH4O4S/c1-5-7-9-11-13-15-17-19-21-23-25-27-29-31-33-35-37-40(39-41(3)4)38-36-34-32-30-28-26-24-22-20-18-16-14-12-10-8-6-2;1-5-6(2,3)4/h19-22,40H,5-18,23-39H2,1-4H3;1H3,(H,2,3,4)/b21-19-,22-20-;. The first-order valence-electron chi connectivity index (χ1n) is 20.4. The molecule has 5 nitrogen and oxygen atoms in total. The Hall–Kier alpha value is -0.690. The Morgan fingerprint density at radius 3 is 1.02 bits per heavy atom. The molecule has 0 atom stereocenters. The van der Waals surface area contributed by atoms with E-state index >= 15 is 0 Å². The van der Waals surface area contributed by atoms with Gasteiger partial charge in [-0.3, -0.25) is 4.18 Å². The third kappa shape index (κ3) is 47.5. The highest BCUT2D eigenvalue weighted by Gasteiger charge is 2.12. The van der Waals surface area contributed by atoms with Gasteiger partial charge in [0.05, 0.1) is 27.7 Å². The zero-order valence-corrected chi connectivity index (χ0v) is 33.2. The third-order valence-electron chi connectivity index (χ3n) is 9.15. The van der Waals surface area contributed by atoms with Crippen molar-refractivity contribution in [3.05, 3.63) is 24.3 Å². The van der Waals surface area contributed by atoms with Crippen LogP contribution in [0.4, 0.5) is 0 Å². The van der Waals surface area contributed by atoms with Gasteiger partial charge in [0.2, 0.25) is 10.4 Å². The van der Waals surface area contributed by atoms with E-state index in [9.17, 15) is 13.0 Å². The third-order valence-corrected chi connectivity index (χ3v) is 9.56. The van der Waals surface area contributed by atoms with E-state index in [4.69, 9.17) is 0 Å². The minimum atomic E-state index is -4.41. The minimum Gasteiger partial charge on any atom is -0.726 e. The molecular formula is C41H83NO4S. The molecule has 0 aromatic carbocycles. The van der Waals surface area contributed by atoms with Gasteiger partial charge in [0.25, 0.3) is 0 Å². The summed E-state index contributed by atoms with van der Waals surface area (Å²) in [7, 11) is 1.08. The van der Waals surface area contributed by atoms with E-state index in [1.165, 1.54) is 199 Å². The van der Waals surface area contributed by atoms with Gasteiger partial charge in [-0.2, -0.15) is 0 Å². The van der Waals surface area contributed by atoms with Gasteiger partial charge >= 0.3 is 0 Å². The fourth-order valence-electron chi connectivity index (χ4n) is 6.29. The molecule has 0 bridgehead atoms. The Balaban J connectivity index is 0. The van der Waals surface area contributed by atoms with Crippen molar-refractivity contribution in [1.82, 2.24) is 0 Å². The number of nitrogens with one attached hydrogen (secondary N) is 1. The van der Waals surface area contributed by atoms with Crippen LogP contribution >= 0.6 is 0 Å². The van der Waals surface area contributed by atoms with E-state index in [1.807, 2.05) is 0 Å². The summed E-state index contributed by atoms with van der Waals surface area (Å²) in [4.78, 5) is 1.64. The summed E-state index contributed by atoms with van der Waals surface area (Å²) in [6, 6.07) is 0. The van der Waals surface area contributed by atoms with Gasteiger partial charge in [-0.05, 0) is 64.2 Å². The molecule has 1 N–H and O–H groups in total. The number of unbranched alkanes of at least 4 members (excludes halogenated alkanes) is 24. The van der Waals surface area contributed by atoms with Crippen molar-refractivity contribution in [3.8, 4) is 0 Å². The number of hydrogen-bond acceptors (Lipinski definition) is 4. The van der Waals surface area contributed by atoms with Crippen LogP contribution in [0, 0.1) is 5.92 Å². The minimum absolute atomic E-state index is 0.808. The Morgan fingerprint density at radius 2 is 0.766 bits per heavy atom. The first kappa shape index (κ1) is 48.4. The van der Waals surface area contributed by atoms with E-state index < -0.39 is 10.4 Å². The van der Waals surface area contributed by atoms with E-state index in [0.29, 0.717) is 0 Å². The number of hydrogen-bond donors (Lipinski definition) is 1. The SMILES string of the molecule is CCCCCCCC/C=C\CCCCCCCCC(CCCCCCCC/C=C\CCCCCCCC)C[NH+](C)C.COS(=O)(=O)[O-]. The molecule has 0 fully saturated rings. The molecule has 47 heavy (non-hydrogen) atoms. The smallest absolute Gasteiger partial charge is 0.217 e. The molecule has 6 heteroatoms. The number of rotatable bonds is 35. The molecule has 0 rings (SSSR count). The summed E-state index contributed by atoms with van der Waals surface area (Å²) in [5.41, 5.74) is 0. The van der Waals surface area contributed by atoms with Crippen LogP contribution in [-0.2, 0) is 14.6 Å². The van der Waals surface area contributed by atoms with Gasteiger partial charge in [-0.1, -0.05) is 167 Å². The van der Waals surface area contributed by atoms with Gasteiger partial charge in [-0.25, -0.2) is 8.42 Å². The van der Waals surface area contributed by atoms with Crippen LogP contribution < -0.4 is 4.90 Å². The van der Waals surface area contributed by atoms with E-state index in [2.05, 4.69) is 56.4 Å². The van der Waals surface area contributed by atoms with Gasteiger partial charge < -0.3 is 9.45 Å². The lowest BCUT2D eigenvalue weighted by Crippen LogP contribution is -3.06. The van der Waals surface area contributed by atoms with E-state index in [1.54, 1.807) is 4.90 Å². The van der Waals surface area contributed by atoms with Crippen molar-refractivity contribution >= 4 is 10.4 Å². The van der Waals surface area contributed by atoms with Gasteiger partial charge in [0.15, 0.2) is 0 Å². The lowest BCUT2D eigenvalue weighted by molar-refractivity contribution is -0.862. The Bertz CT molecular complexity index is 709. The van der Waals surface area contributed by atoms with Crippen LogP contribution in [-0.4, -0.2) is 40.7 Å². The maximum Gasteiger partial charge on any atom is 0.217 e. The molecule has 0 saturated heterocycles. The number of quaternary nitrogens is 1. The average molecular weight is 686 g/mol. The summed E-state index contributed by atoms with van der Waals surface area (Å²) < 4.78 is 31.0. The Kier molecular flexibility index (Phi) is 40.9. The monoisotopic (exact) mass is 686 g/mol. The molecular weight excluding hydrogens is 603 g/mol. The molecule has 0 aliphatic rings. The van der Waals surface area contributed by atoms with Gasteiger partial charge in [0, 0.05) is 5.92 Å². The zero-order valence-electron chi connectivity index (χ0n) is 32.3. The van der Waals surface area contributed by atoms with Crippen LogP contribution in [0.25, 0.3) is 0 Å². The summed E-state index contributed by atoms with van der Waals surface area (Å²) in [5.74, 6) is 0.952. The van der Waals surface area contributed by atoms with E-state index in [-0.39, 0.29) is 0 Å². The lowest BCUT2D eigenvalue weighted by atomic mass is 9.93. The molecule has 0 spiro atoms. The molecule has 0 aromatic rings. The van der Waals surface area contributed by atoms with Crippen LogP contribution in [0.15, 0.2) is 24.3 Å². The second kappa shape index (κ2) is 39.7. The first-order chi connectivity index (χ1) is 22.8. The molecule has 0 aliphatic carbocycles. The normalized spacial score (nSPS) is 12.2. The summed E-state index contributed by atoms with van der Waals surface area (Å²) in [5, 5.41) is 0. The highest BCUT2D eigenvalue weighted by molar-refractivity contribution is 7.80. The summed E-state index contributed by atoms with van der Waals surface area (Å²) in [6.07, 6.45) is 52.2. The molecule has 0 aliphatic heterocycles. The van der Waals surface area contributed by atoms with Crippen LogP contribution in [0.3, 0.4) is 0 Å². The second-order valence-corrected chi connectivity index (χ2v) is 15.5. The molecule has 282 valence electrons. The maximum atomic E-state index is 9.22. The Labute approximate surface area is 296 Å². The van der Waals surface area contributed by atoms with Crippen molar-refractivity contribution in [1.29, 1.82) is 0 Å². The van der Waals surface area contributed by atoms with Crippen LogP contribution in [0.5, 0.6) is 0 Å². The molecule has 0 radical (unpaired) electrons. The fourth-order valence-corrected chi connectivity index (χ4v) is 6.29. The predicted octanol–water partition coefficient (Wildman–Crippen LogP) is 11.7. The largest absolute Gasteiger partial charge is 0.726 e. The summed E-state index contributed by atoms with van der Waals surface area (Å²) >= 11 is 0. The zero-order chi connectivity index (χ0) is 35.1. The van der Waals surface area contributed by atoms with Crippen molar-refractivity contribution in [3.63, 3.8) is 0 Å². The van der Waals surface area contributed by atoms with Crippen molar-refractivity contribution in [2.75, 3.05) is 27.7 Å². The Morgan fingerprint density at radius 1 is 0.511 bits per heavy atom. The highest BCUT2D eigenvalue weighted by Crippen LogP contribution is 2.19. The second-order valence-electron chi connectivity index (χ2n) is 14.3. The lowest BCUT2D eigenvalue weighted by Gasteiger charge is -2.19. The van der Waals surface area contributed by atoms with Crippen molar-refractivity contribution < 1.29 is 22.1 Å².